The van der Waals surface area contributed by atoms with Crippen LogP contribution in [0.5, 0.6) is 0 Å². The van der Waals surface area contributed by atoms with Gasteiger partial charge >= 0.3 is 5.97 Å². The maximum absolute atomic E-state index is 10.9. The molecule has 0 amide bonds. The molecule has 0 unspecified atom stereocenters. The number of nitrogens with two attached hydrogens (primary N) is 1. The van der Waals surface area contributed by atoms with Crippen LogP contribution in [0.4, 0.5) is 5.69 Å². The van der Waals surface area contributed by atoms with Crippen LogP contribution in [-0.2, 0) is 5.75 Å². The molecule has 1 aromatic carbocycles. The molecule has 2 aromatic rings. The summed E-state index contributed by atoms with van der Waals surface area (Å²) in [6.07, 6.45) is 1.39. The van der Waals surface area contributed by atoms with E-state index in [1.807, 2.05) is 18.2 Å². The third-order valence-electron chi connectivity index (χ3n) is 2.20. The summed E-state index contributed by atoms with van der Waals surface area (Å²) >= 11 is 1.49. The van der Waals surface area contributed by atoms with Crippen LogP contribution >= 0.6 is 11.8 Å². The fraction of sp³-hybridized carbons (Fsp3) is 0.0833. The Hall–Kier alpha value is -1.88. The molecular weight excluding hydrogens is 238 g/mol. The van der Waals surface area contributed by atoms with Crippen molar-refractivity contribution in [2.24, 2.45) is 0 Å². The van der Waals surface area contributed by atoms with Crippen molar-refractivity contribution < 1.29 is 14.3 Å². The third-order valence-corrected chi connectivity index (χ3v) is 3.20. The summed E-state index contributed by atoms with van der Waals surface area (Å²) in [6, 6.07) is 8.88. The van der Waals surface area contributed by atoms with E-state index < -0.39 is 5.97 Å². The van der Waals surface area contributed by atoms with Gasteiger partial charge in [0.25, 0.3) is 0 Å². The molecular formula is C12H11NO3S. The summed E-state index contributed by atoms with van der Waals surface area (Å²) in [5, 5.41) is 8.91. The molecule has 5 heteroatoms. The largest absolute Gasteiger partial charge is 0.478 e. The van der Waals surface area contributed by atoms with Gasteiger partial charge in [0.15, 0.2) is 0 Å². The molecule has 0 spiro atoms. The van der Waals surface area contributed by atoms with Gasteiger partial charge in [0, 0.05) is 10.6 Å². The van der Waals surface area contributed by atoms with Gasteiger partial charge in [0.1, 0.15) is 11.3 Å². The zero-order chi connectivity index (χ0) is 12.3. The van der Waals surface area contributed by atoms with E-state index in [0.717, 1.165) is 4.90 Å². The van der Waals surface area contributed by atoms with Crippen molar-refractivity contribution in [1.82, 2.24) is 0 Å². The predicted molar refractivity (Wildman–Crippen MR) is 66.1 cm³/mol. The van der Waals surface area contributed by atoms with E-state index in [2.05, 4.69) is 0 Å². The van der Waals surface area contributed by atoms with Crippen LogP contribution in [0.25, 0.3) is 0 Å². The number of benzene rings is 1. The second-order valence-corrected chi connectivity index (χ2v) is 4.47. The number of hydrogen-bond donors (Lipinski definition) is 2. The van der Waals surface area contributed by atoms with Gasteiger partial charge in [0.2, 0.25) is 0 Å². The van der Waals surface area contributed by atoms with E-state index in [0.29, 0.717) is 17.2 Å². The molecule has 0 aliphatic heterocycles. The van der Waals surface area contributed by atoms with Crippen molar-refractivity contribution >= 4 is 23.4 Å². The molecule has 0 saturated carbocycles. The summed E-state index contributed by atoms with van der Waals surface area (Å²) in [5.41, 5.74) is 6.55. The van der Waals surface area contributed by atoms with E-state index in [1.54, 1.807) is 6.07 Å². The number of carbonyl (C=O) groups is 1. The number of furan rings is 1. The molecule has 0 radical (unpaired) electrons. The molecule has 0 atom stereocenters. The van der Waals surface area contributed by atoms with E-state index in [9.17, 15) is 4.79 Å². The number of hydrogen-bond acceptors (Lipinski definition) is 4. The van der Waals surface area contributed by atoms with Gasteiger partial charge in [-0.2, -0.15) is 0 Å². The number of carboxylic acids is 1. The zero-order valence-electron chi connectivity index (χ0n) is 8.92. The average molecular weight is 249 g/mol. The highest BCUT2D eigenvalue weighted by atomic mass is 32.2. The summed E-state index contributed by atoms with van der Waals surface area (Å²) in [5.74, 6) is -0.0372. The van der Waals surface area contributed by atoms with Gasteiger partial charge in [0.05, 0.1) is 12.0 Å². The summed E-state index contributed by atoms with van der Waals surface area (Å²) in [7, 11) is 0. The Kier molecular flexibility index (Phi) is 3.39. The predicted octanol–water partition coefficient (Wildman–Crippen LogP) is 2.85. The fourth-order valence-corrected chi connectivity index (χ4v) is 2.31. The zero-order valence-corrected chi connectivity index (χ0v) is 9.74. The van der Waals surface area contributed by atoms with Crippen molar-refractivity contribution in [3.63, 3.8) is 0 Å². The second kappa shape index (κ2) is 4.97. The first-order chi connectivity index (χ1) is 8.16. The molecule has 3 N–H and O–H groups in total. The van der Waals surface area contributed by atoms with Crippen molar-refractivity contribution in [2.75, 3.05) is 5.73 Å². The molecule has 0 bridgehead atoms. The first kappa shape index (κ1) is 11.6. The standard InChI is InChI=1S/C12H11NO3S/c13-8-2-1-3-9(6-8)17-7-11-10(12(14)15)4-5-16-11/h1-6H,7,13H2,(H,14,15). The SMILES string of the molecule is Nc1cccc(SCc2occc2C(=O)O)c1. The quantitative estimate of drug-likeness (QED) is 0.643. The van der Waals surface area contributed by atoms with Gasteiger partial charge in [-0.1, -0.05) is 6.07 Å². The van der Waals surface area contributed by atoms with Gasteiger partial charge in [-0.3, -0.25) is 0 Å². The molecule has 17 heavy (non-hydrogen) atoms. The van der Waals surface area contributed by atoms with Crippen LogP contribution in [0.2, 0.25) is 0 Å². The van der Waals surface area contributed by atoms with E-state index in [4.69, 9.17) is 15.3 Å². The monoisotopic (exact) mass is 249 g/mol. The molecule has 0 fully saturated rings. The normalized spacial score (nSPS) is 10.4. The number of rotatable bonds is 4. The topological polar surface area (TPSA) is 76.5 Å². The lowest BCUT2D eigenvalue weighted by molar-refractivity contribution is 0.0695. The minimum Gasteiger partial charge on any atom is -0.478 e. The molecule has 0 saturated heterocycles. The first-order valence-electron chi connectivity index (χ1n) is 4.95. The van der Waals surface area contributed by atoms with Crippen LogP contribution < -0.4 is 5.73 Å². The van der Waals surface area contributed by atoms with Gasteiger partial charge in [-0.05, 0) is 24.3 Å². The highest BCUT2D eigenvalue weighted by molar-refractivity contribution is 7.98. The van der Waals surface area contributed by atoms with Gasteiger partial charge in [-0.25, -0.2) is 4.79 Å². The minimum absolute atomic E-state index is 0.210. The van der Waals surface area contributed by atoms with Crippen LogP contribution in [0.1, 0.15) is 16.1 Å². The maximum Gasteiger partial charge on any atom is 0.339 e. The van der Waals surface area contributed by atoms with E-state index in [1.165, 1.54) is 24.1 Å². The van der Waals surface area contributed by atoms with Crippen molar-refractivity contribution in [2.45, 2.75) is 10.6 Å². The highest BCUT2D eigenvalue weighted by Gasteiger charge is 2.13. The third kappa shape index (κ3) is 2.82. The molecule has 2 rings (SSSR count). The Labute approximate surface area is 102 Å². The summed E-state index contributed by atoms with van der Waals surface area (Å²) < 4.78 is 5.14. The number of nitrogen functional groups attached to an aromatic ring is 1. The van der Waals surface area contributed by atoms with Crippen LogP contribution in [0.3, 0.4) is 0 Å². The summed E-state index contributed by atoms with van der Waals surface area (Å²) in [4.78, 5) is 11.8. The van der Waals surface area contributed by atoms with Crippen LogP contribution in [0.15, 0.2) is 45.9 Å². The smallest absolute Gasteiger partial charge is 0.339 e. The van der Waals surface area contributed by atoms with Crippen LogP contribution in [-0.4, -0.2) is 11.1 Å². The fourth-order valence-electron chi connectivity index (χ4n) is 1.40. The lowest BCUT2D eigenvalue weighted by Gasteiger charge is -2.01. The Morgan fingerprint density at radius 1 is 1.41 bits per heavy atom. The maximum atomic E-state index is 10.9. The van der Waals surface area contributed by atoms with Gasteiger partial charge < -0.3 is 15.3 Å². The molecule has 1 aromatic heterocycles. The Balaban J connectivity index is 2.07. The average Bonchev–Trinajstić information content (AvgIpc) is 2.74. The lowest BCUT2D eigenvalue weighted by atomic mass is 10.3. The Bertz CT molecular complexity index is 536. The molecule has 4 nitrogen and oxygen atoms in total. The first-order valence-corrected chi connectivity index (χ1v) is 5.93. The number of carboxylic acid groups (broad SMARTS) is 1. The van der Waals surface area contributed by atoms with Crippen molar-refractivity contribution in [1.29, 1.82) is 0 Å². The number of anilines is 1. The van der Waals surface area contributed by atoms with Crippen molar-refractivity contribution in [3.05, 3.63) is 47.9 Å². The Morgan fingerprint density at radius 2 is 2.24 bits per heavy atom. The van der Waals surface area contributed by atoms with Gasteiger partial charge in [-0.15, -0.1) is 11.8 Å². The second-order valence-electron chi connectivity index (χ2n) is 3.42. The van der Waals surface area contributed by atoms with Crippen molar-refractivity contribution in [3.8, 4) is 0 Å². The minimum atomic E-state index is -0.970. The van der Waals surface area contributed by atoms with E-state index in [-0.39, 0.29) is 5.56 Å². The van der Waals surface area contributed by atoms with Crippen LogP contribution in [0, 0.1) is 0 Å². The number of aromatic carboxylic acids is 1. The lowest BCUT2D eigenvalue weighted by Crippen LogP contribution is -1.97. The molecule has 0 aliphatic carbocycles. The Morgan fingerprint density at radius 3 is 2.94 bits per heavy atom. The molecule has 88 valence electrons. The summed E-state index contributed by atoms with van der Waals surface area (Å²) in [6.45, 7) is 0. The molecule has 0 aliphatic rings. The number of thioether (sulfide) groups is 1. The van der Waals surface area contributed by atoms with E-state index >= 15 is 0 Å². The highest BCUT2D eigenvalue weighted by Crippen LogP contribution is 2.26. The molecule has 1 heterocycles.